The quantitative estimate of drug-likeness (QED) is 0.378. The molecule has 6 nitrogen and oxygen atoms in total. The van der Waals surface area contributed by atoms with Gasteiger partial charge in [0.2, 0.25) is 5.95 Å². The number of aromatic nitrogens is 3. The topological polar surface area (TPSA) is 77.0 Å². The van der Waals surface area contributed by atoms with Gasteiger partial charge in [-0.05, 0) is 42.2 Å². The summed E-state index contributed by atoms with van der Waals surface area (Å²) in [4.78, 5) is 24.5. The number of rotatable bonds is 5. The first kappa shape index (κ1) is 19.1. The zero-order valence-electron chi connectivity index (χ0n) is 14.4. The van der Waals surface area contributed by atoms with E-state index in [1.54, 1.807) is 24.4 Å². The molecule has 0 amide bonds. The van der Waals surface area contributed by atoms with Gasteiger partial charge in [0.1, 0.15) is 16.5 Å². The van der Waals surface area contributed by atoms with Gasteiger partial charge < -0.3 is 10.1 Å². The van der Waals surface area contributed by atoms with Crippen molar-refractivity contribution in [3.8, 4) is 11.1 Å². The lowest BCUT2D eigenvalue weighted by Crippen LogP contribution is -2.04. The number of hydrogen-bond acceptors (Lipinski definition) is 7. The maximum absolute atomic E-state index is 13.3. The summed E-state index contributed by atoms with van der Waals surface area (Å²) < 4.78 is 18.0. The van der Waals surface area contributed by atoms with E-state index in [0.717, 1.165) is 11.1 Å². The van der Waals surface area contributed by atoms with E-state index in [0.29, 0.717) is 16.7 Å². The maximum Gasteiger partial charge on any atom is 0.356 e. The van der Waals surface area contributed by atoms with Gasteiger partial charge in [-0.2, -0.15) is 0 Å². The molecule has 0 spiro atoms. The Morgan fingerprint density at radius 2 is 2.07 bits per heavy atom. The fourth-order valence-electron chi connectivity index (χ4n) is 2.30. The van der Waals surface area contributed by atoms with Gasteiger partial charge in [-0.15, -0.1) is 11.8 Å². The number of nitrogens with one attached hydrogen (secondary N) is 1. The molecule has 9 heteroatoms. The zero-order valence-corrected chi connectivity index (χ0v) is 15.9. The number of nitrogens with zero attached hydrogens (tertiary/aromatic N) is 3. The van der Waals surface area contributed by atoms with Crippen LogP contribution in [-0.4, -0.2) is 34.3 Å². The lowest BCUT2D eigenvalue weighted by atomic mass is 10.1. The third-order valence-corrected chi connectivity index (χ3v) is 4.58. The van der Waals surface area contributed by atoms with Gasteiger partial charge in [0, 0.05) is 23.6 Å². The molecule has 3 rings (SSSR count). The molecule has 1 N–H and O–H groups in total. The first-order valence-electron chi connectivity index (χ1n) is 7.69. The standard InChI is InChI=1S/C18H14ClFN4O2S/c1-26-17(25)15-7-10(5-6-21-15)12-9-22-18(24-16(12)27-2)23-11-3-4-14(20)13(19)8-11/h3-9H,1-2H3,(H,22,23,24). The summed E-state index contributed by atoms with van der Waals surface area (Å²) in [5.41, 5.74) is 2.26. The molecule has 0 aliphatic rings. The molecule has 138 valence electrons. The molecule has 0 fully saturated rings. The third kappa shape index (κ3) is 4.35. The largest absolute Gasteiger partial charge is 0.464 e. The SMILES string of the molecule is COC(=O)c1cc(-c2cnc(Nc3ccc(F)c(Cl)c3)nc2SC)ccn1. The van der Waals surface area contributed by atoms with Gasteiger partial charge in [-0.25, -0.2) is 24.1 Å². The molecule has 0 atom stereocenters. The highest BCUT2D eigenvalue weighted by molar-refractivity contribution is 7.98. The minimum atomic E-state index is -0.519. The Kier molecular flexibility index (Phi) is 5.88. The van der Waals surface area contributed by atoms with Crippen molar-refractivity contribution in [1.82, 2.24) is 15.0 Å². The van der Waals surface area contributed by atoms with Crippen molar-refractivity contribution in [3.63, 3.8) is 0 Å². The van der Waals surface area contributed by atoms with Gasteiger partial charge in [0.05, 0.1) is 12.1 Å². The Morgan fingerprint density at radius 1 is 1.26 bits per heavy atom. The Morgan fingerprint density at radius 3 is 2.78 bits per heavy atom. The monoisotopic (exact) mass is 404 g/mol. The number of carbonyl (C=O) groups is 1. The van der Waals surface area contributed by atoms with Gasteiger partial charge in [0.15, 0.2) is 0 Å². The number of anilines is 2. The van der Waals surface area contributed by atoms with Crippen molar-refractivity contribution in [2.24, 2.45) is 0 Å². The van der Waals surface area contributed by atoms with Gasteiger partial charge in [-0.3, -0.25) is 0 Å². The number of esters is 1. The minimum absolute atomic E-state index is 0.00818. The summed E-state index contributed by atoms with van der Waals surface area (Å²) in [5, 5.41) is 3.70. The van der Waals surface area contributed by atoms with Crippen LogP contribution in [0.3, 0.4) is 0 Å². The number of thioether (sulfide) groups is 1. The third-order valence-electron chi connectivity index (χ3n) is 3.59. The van der Waals surface area contributed by atoms with E-state index < -0.39 is 11.8 Å². The van der Waals surface area contributed by atoms with Crippen LogP contribution in [0.2, 0.25) is 5.02 Å². The van der Waals surface area contributed by atoms with Crippen LogP contribution in [0.15, 0.2) is 47.8 Å². The Bertz CT molecular complexity index is 1000. The lowest BCUT2D eigenvalue weighted by Gasteiger charge is -2.11. The van der Waals surface area contributed by atoms with Crippen LogP contribution in [0.25, 0.3) is 11.1 Å². The molecule has 27 heavy (non-hydrogen) atoms. The molecule has 1 aromatic carbocycles. The molecule has 3 aromatic rings. The second kappa shape index (κ2) is 8.32. The van der Waals surface area contributed by atoms with Gasteiger partial charge in [0.25, 0.3) is 0 Å². The van der Waals surface area contributed by atoms with Crippen molar-refractivity contribution < 1.29 is 13.9 Å². The summed E-state index contributed by atoms with van der Waals surface area (Å²) in [6.07, 6.45) is 5.05. The molecular formula is C18H14ClFN4O2S. The number of pyridine rings is 1. The molecular weight excluding hydrogens is 391 g/mol. The van der Waals surface area contributed by atoms with Crippen molar-refractivity contribution >= 4 is 41.0 Å². The molecule has 2 aromatic heterocycles. The highest BCUT2D eigenvalue weighted by atomic mass is 35.5. The van der Waals surface area contributed by atoms with Crippen molar-refractivity contribution in [1.29, 1.82) is 0 Å². The average molecular weight is 405 g/mol. The molecule has 0 saturated heterocycles. The fourth-order valence-corrected chi connectivity index (χ4v) is 3.05. The highest BCUT2D eigenvalue weighted by Gasteiger charge is 2.13. The molecule has 0 aliphatic carbocycles. The average Bonchev–Trinajstić information content (AvgIpc) is 2.70. The Balaban J connectivity index is 1.92. The summed E-state index contributed by atoms with van der Waals surface area (Å²) in [7, 11) is 1.30. The van der Waals surface area contributed by atoms with E-state index in [-0.39, 0.29) is 10.7 Å². The Hall–Kier alpha value is -2.71. The van der Waals surface area contributed by atoms with Crippen LogP contribution >= 0.6 is 23.4 Å². The van der Waals surface area contributed by atoms with Gasteiger partial charge in [-0.1, -0.05) is 11.6 Å². The summed E-state index contributed by atoms with van der Waals surface area (Å²) in [5.74, 6) is -0.676. The number of benzene rings is 1. The normalized spacial score (nSPS) is 10.5. The summed E-state index contributed by atoms with van der Waals surface area (Å²) >= 11 is 7.22. The first-order chi connectivity index (χ1) is 13.0. The van der Waals surface area contributed by atoms with Crippen molar-refractivity contribution in [2.45, 2.75) is 5.03 Å². The number of ether oxygens (including phenoxy) is 1. The maximum atomic E-state index is 13.3. The van der Waals surface area contributed by atoms with Crippen LogP contribution in [0.1, 0.15) is 10.5 Å². The van der Waals surface area contributed by atoms with Gasteiger partial charge >= 0.3 is 5.97 Å². The Labute approximate surface area is 164 Å². The van der Waals surface area contributed by atoms with E-state index in [1.807, 2.05) is 6.26 Å². The van der Waals surface area contributed by atoms with Crippen molar-refractivity contribution in [3.05, 3.63) is 59.3 Å². The molecule has 0 saturated carbocycles. The summed E-state index contributed by atoms with van der Waals surface area (Å²) in [6, 6.07) is 7.65. The molecule has 0 unspecified atom stereocenters. The summed E-state index contributed by atoms with van der Waals surface area (Å²) in [6.45, 7) is 0. The van der Waals surface area contributed by atoms with Crippen LogP contribution in [0.5, 0.6) is 0 Å². The molecule has 0 bridgehead atoms. The number of halogens is 2. The molecule has 0 aliphatic heterocycles. The second-order valence-electron chi connectivity index (χ2n) is 5.29. The number of hydrogen-bond donors (Lipinski definition) is 1. The van der Waals surface area contributed by atoms with Crippen LogP contribution < -0.4 is 5.32 Å². The first-order valence-corrected chi connectivity index (χ1v) is 9.30. The predicted molar refractivity (Wildman–Crippen MR) is 103 cm³/mol. The van der Waals surface area contributed by atoms with Crippen LogP contribution in [0, 0.1) is 5.82 Å². The van der Waals surface area contributed by atoms with Crippen LogP contribution in [-0.2, 0) is 4.74 Å². The smallest absolute Gasteiger partial charge is 0.356 e. The van der Waals surface area contributed by atoms with E-state index in [2.05, 4.69) is 20.3 Å². The van der Waals surface area contributed by atoms with E-state index in [1.165, 1.54) is 37.2 Å². The van der Waals surface area contributed by atoms with E-state index >= 15 is 0 Å². The number of methoxy groups -OCH3 is 1. The predicted octanol–water partition coefficient (Wildman–Crippen LogP) is 4.58. The lowest BCUT2D eigenvalue weighted by molar-refractivity contribution is 0.0594. The van der Waals surface area contributed by atoms with Crippen LogP contribution in [0.4, 0.5) is 16.0 Å². The highest BCUT2D eigenvalue weighted by Crippen LogP contribution is 2.30. The molecule has 2 heterocycles. The minimum Gasteiger partial charge on any atom is -0.464 e. The second-order valence-corrected chi connectivity index (χ2v) is 6.49. The number of carbonyl (C=O) groups excluding carboxylic acids is 1. The van der Waals surface area contributed by atoms with Crippen molar-refractivity contribution in [2.75, 3.05) is 18.7 Å². The molecule has 0 radical (unpaired) electrons. The van der Waals surface area contributed by atoms with E-state index in [4.69, 9.17) is 16.3 Å². The van der Waals surface area contributed by atoms with E-state index in [9.17, 15) is 9.18 Å². The zero-order chi connectivity index (χ0) is 19.4. The fraction of sp³-hybridized carbons (Fsp3) is 0.111.